The van der Waals surface area contributed by atoms with Crippen LogP contribution in [0.5, 0.6) is 0 Å². The molecule has 142 valence electrons. The zero-order valence-corrected chi connectivity index (χ0v) is 15.3. The number of nitro benzene ring substituents is 1. The number of sulfone groups is 1. The molecular formula is C17H16N2O7S. The summed E-state index contributed by atoms with van der Waals surface area (Å²) in [6.07, 6.45) is 1.00. The van der Waals surface area contributed by atoms with Crippen LogP contribution in [-0.2, 0) is 19.4 Å². The maximum absolute atomic E-state index is 12.0. The molecule has 1 N–H and O–H groups in total. The Hall–Kier alpha value is -3.27. The van der Waals surface area contributed by atoms with E-state index in [9.17, 15) is 28.1 Å². The van der Waals surface area contributed by atoms with Crippen molar-refractivity contribution in [3.63, 3.8) is 0 Å². The summed E-state index contributed by atoms with van der Waals surface area (Å²) in [5.41, 5.74) is 0.131. The number of rotatable bonds is 6. The van der Waals surface area contributed by atoms with Gasteiger partial charge in [-0.1, -0.05) is 18.2 Å². The fourth-order valence-electron chi connectivity index (χ4n) is 2.23. The van der Waals surface area contributed by atoms with Crippen molar-refractivity contribution in [2.45, 2.75) is 11.8 Å². The number of aryl methyl sites for hydroxylation is 1. The number of para-hydroxylation sites is 1. The summed E-state index contributed by atoms with van der Waals surface area (Å²) < 4.78 is 28.3. The predicted molar refractivity (Wildman–Crippen MR) is 96.3 cm³/mol. The second kappa shape index (κ2) is 7.96. The van der Waals surface area contributed by atoms with Gasteiger partial charge >= 0.3 is 5.97 Å². The molecule has 0 aliphatic rings. The van der Waals surface area contributed by atoms with Gasteiger partial charge in [0.2, 0.25) is 0 Å². The molecule has 0 radical (unpaired) electrons. The van der Waals surface area contributed by atoms with Crippen LogP contribution in [0, 0.1) is 17.0 Å². The van der Waals surface area contributed by atoms with Gasteiger partial charge in [-0.2, -0.15) is 0 Å². The third kappa shape index (κ3) is 5.11. The summed E-state index contributed by atoms with van der Waals surface area (Å²) in [4.78, 5) is 34.2. The van der Waals surface area contributed by atoms with Crippen LogP contribution < -0.4 is 5.32 Å². The Morgan fingerprint density at radius 1 is 1.19 bits per heavy atom. The van der Waals surface area contributed by atoms with Gasteiger partial charge in [0.05, 0.1) is 21.1 Å². The summed E-state index contributed by atoms with van der Waals surface area (Å²) in [7, 11) is -3.56. The molecule has 0 saturated carbocycles. The maximum atomic E-state index is 12.0. The molecular weight excluding hydrogens is 376 g/mol. The molecule has 0 saturated heterocycles. The number of nitrogens with one attached hydrogen (secondary N) is 1. The first-order valence-electron chi connectivity index (χ1n) is 7.60. The van der Waals surface area contributed by atoms with Crippen molar-refractivity contribution in [2.24, 2.45) is 0 Å². The van der Waals surface area contributed by atoms with E-state index in [1.807, 2.05) is 0 Å². The van der Waals surface area contributed by atoms with Crippen molar-refractivity contribution in [2.75, 3.05) is 18.2 Å². The third-order valence-corrected chi connectivity index (χ3v) is 4.69. The van der Waals surface area contributed by atoms with Crippen LogP contribution in [0.4, 0.5) is 11.4 Å². The highest BCUT2D eigenvalue weighted by Gasteiger charge is 2.18. The van der Waals surface area contributed by atoms with Gasteiger partial charge in [0.1, 0.15) is 0 Å². The molecule has 0 spiro atoms. The van der Waals surface area contributed by atoms with E-state index < -0.39 is 33.2 Å². The second-order valence-corrected chi connectivity index (χ2v) is 7.64. The zero-order chi connectivity index (χ0) is 20.2. The first kappa shape index (κ1) is 20.0. The molecule has 27 heavy (non-hydrogen) atoms. The number of esters is 1. The number of carbonyl (C=O) groups excluding carboxylic acids is 2. The second-order valence-electron chi connectivity index (χ2n) is 5.65. The molecule has 9 nitrogen and oxygen atoms in total. The van der Waals surface area contributed by atoms with E-state index >= 15 is 0 Å². The van der Waals surface area contributed by atoms with Crippen molar-refractivity contribution in [1.82, 2.24) is 0 Å². The highest BCUT2D eigenvalue weighted by atomic mass is 32.2. The van der Waals surface area contributed by atoms with E-state index in [1.54, 1.807) is 6.07 Å². The maximum Gasteiger partial charge on any atom is 0.338 e. The average Bonchev–Trinajstić information content (AvgIpc) is 2.59. The molecule has 0 fully saturated rings. The molecule has 10 heteroatoms. The lowest BCUT2D eigenvalue weighted by molar-refractivity contribution is -0.385. The van der Waals surface area contributed by atoms with Crippen molar-refractivity contribution in [1.29, 1.82) is 0 Å². The number of amides is 1. The third-order valence-electron chi connectivity index (χ3n) is 3.54. The largest absolute Gasteiger partial charge is 0.452 e. The van der Waals surface area contributed by atoms with Gasteiger partial charge < -0.3 is 10.1 Å². The Morgan fingerprint density at radius 2 is 1.85 bits per heavy atom. The SMILES string of the molecule is Cc1ccc(C(=O)OCC(=O)Nc2ccccc2S(C)(=O)=O)cc1[N+](=O)[O-]. The molecule has 0 bridgehead atoms. The number of benzene rings is 2. The van der Waals surface area contributed by atoms with Crippen LogP contribution in [0.15, 0.2) is 47.4 Å². The number of hydrogen-bond acceptors (Lipinski definition) is 7. The molecule has 2 aromatic rings. The number of ether oxygens (including phenoxy) is 1. The summed E-state index contributed by atoms with van der Waals surface area (Å²) in [6, 6.07) is 9.60. The number of nitrogens with zero attached hydrogens (tertiary/aromatic N) is 1. The van der Waals surface area contributed by atoms with E-state index in [0.29, 0.717) is 5.56 Å². The van der Waals surface area contributed by atoms with Gasteiger partial charge in [-0.25, -0.2) is 13.2 Å². The molecule has 2 rings (SSSR count). The van der Waals surface area contributed by atoms with Gasteiger partial charge in [0, 0.05) is 17.9 Å². The Bertz CT molecular complexity index is 1020. The van der Waals surface area contributed by atoms with Crippen LogP contribution in [0.25, 0.3) is 0 Å². The summed E-state index contributed by atoms with van der Waals surface area (Å²) in [5.74, 6) is -1.66. The Kier molecular flexibility index (Phi) is 5.91. The summed E-state index contributed by atoms with van der Waals surface area (Å²) in [6.45, 7) is 0.846. The normalized spacial score (nSPS) is 10.9. The topological polar surface area (TPSA) is 133 Å². The standard InChI is InChI=1S/C17H16N2O7S/c1-11-7-8-12(9-14(11)19(22)23)17(21)26-10-16(20)18-13-5-3-4-6-15(13)27(2,24)25/h3-9H,10H2,1-2H3,(H,18,20). The van der Waals surface area contributed by atoms with E-state index in [4.69, 9.17) is 4.74 Å². The number of hydrogen-bond donors (Lipinski definition) is 1. The smallest absolute Gasteiger partial charge is 0.338 e. The molecule has 1 amide bonds. The lowest BCUT2D eigenvalue weighted by Crippen LogP contribution is -2.22. The van der Waals surface area contributed by atoms with E-state index in [2.05, 4.69) is 5.32 Å². The molecule has 0 aliphatic carbocycles. The van der Waals surface area contributed by atoms with Crippen molar-refractivity contribution < 1.29 is 27.7 Å². The highest BCUT2D eigenvalue weighted by Crippen LogP contribution is 2.21. The van der Waals surface area contributed by atoms with Gasteiger partial charge in [-0.15, -0.1) is 0 Å². The Balaban J connectivity index is 2.06. The highest BCUT2D eigenvalue weighted by molar-refractivity contribution is 7.90. The van der Waals surface area contributed by atoms with Gasteiger partial charge in [-0.05, 0) is 25.1 Å². The zero-order valence-electron chi connectivity index (χ0n) is 14.5. The van der Waals surface area contributed by atoms with E-state index in [-0.39, 0.29) is 21.8 Å². The minimum atomic E-state index is -3.56. The van der Waals surface area contributed by atoms with Gasteiger partial charge in [0.25, 0.3) is 11.6 Å². The lowest BCUT2D eigenvalue weighted by atomic mass is 10.1. The summed E-state index contributed by atoms with van der Waals surface area (Å²) >= 11 is 0. The predicted octanol–water partition coefficient (Wildman–Crippen LogP) is 2.10. The molecule has 0 unspecified atom stereocenters. The number of nitro groups is 1. The Morgan fingerprint density at radius 3 is 2.48 bits per heavy atom. The van der Waals surface area contributed by atoms with Crippen LogP contribution in [-0.4, -0.2) is 38.1 Å². The summed E-state index contributed by atoms with van der Waals surface area (Å²) in [5, 5.41) is 13.3. The molecule has 2 aromatic carbocycles. The van der Waals surface area contributed by atoms with E-state index in [1.165, 1.54) is 37.3 Å². The van der Waals surface area contributed by atoms with Gasteiger partial charge in [0.15, 0.2) is 16.4 Å². The van der Waals surface area contributed by atoms with Crippen molar-refractivity contribution in [3.05, 3.63) is 63.7 Å². The Labute approximate surface area is 155 Å². The van der Waals surface area contributed by atoms with Crippen molar-refractivity contribution in [3.8, 4) is 0 Å². The molecule has 0 heterocycles. The lowest BCUT2D eigenvalue weighted by Gasteiger charge is -2.10. The van der Waals surface area contributed by atoms with Crippen LogP contribution in [0.1, 0.15) is 15.9 Å². The fourth-order valence-corrected chi connectivity index (χ4v) is 3.07. The number of carbonyl (C=O) groups is 2. The molecule has 0 aliphatic heterocycles. The van der Waals surface area contributed by atoms with Crippen LogP contribution in [0.2, 0.25) is 0 Å². The minimum absolute atomic E-state index is 0.0621. The fraction of sp³-hybridized carbons (Fsp3) is 0.176. The molecule has 0 atom stereocenters. The monoisotopic (exact) mass is 392 g/mol. The first-order valence-corrected chi connectivity index (χ1v) is 9.50. The van der Waals surface area contributed by atoms with Crippen molar-refractivity contribution >= 4 is 33.1 Å². The van der Waals surface area contributed by atoms with Crippen LogP contribution >= 0.6 is 0 Å². The first-order chi connectivity index (χ1) is 12.6. The van der Waals surface area contributed by atoms with E-state index in [0.717, 1.165) is 12.3 Å². The van der Waals surface area contributed by atoms with Crippen LogP contribution in [0.3, 0.4) is 0 Å². The quantitative estimate of drug-likeness (QED) is 0.452. The molecule has 0 aromatic heterocycles. The average molecular weight is 392 g/mol. The van der Waals surface area contributed by atoms with Gasteiger partial charge in [-0.3, -0.25) is 14.9 Å². The number of anilines is 1. The minimum Gasteiger partial charge on any atom is -0.452 e.